The molecule has 186 valence electrons. The van der Waals surface area contributed by atoms with E-state index in [-0.39, 0.29) is 36.1 Å². The smallest absolute Gasteiger partial charge is 0.372 e. The fraction of sp³-hybridized carbons (Fsp3) is 0.478. The number of benzene rings is 2. The molecule has 11 heteroatoms. The Hall–Kier alpha value is -2.66. The molecule has 0 saturated carbocycles. The Balaban J connectivity index is 1.91. The van der Waals surface area contributed by atoms with Gasteiger partial charge >= 0.3 is 12.4 Å². The van der Waals surface area contributed by atoms with Crippen LogP contribution in [-0.2, 0) is 22.6 Å². The summed E-state index contributed by atoms with van der Waals surface area (Å²) in [5, 5.41) is 11.3. The van der Waals surface area contributed by atoms with Crippen LogP contribution in [-0.4, -0.2) is 36.1 Å². The molecule has 5 nitrogen and oxygen atoms in total. The van der Waals surface area contributed by atoms with Gasteiger partial charge in [-0.1, -0.05) is 30.3 Å². The first-order valence-corrected chi connectivity index (χ1v) is 10.6. The zero-order valence-corrected chi connectivity index (χ0v) is 18.5. The summed E-state index contributed by atoms with van der Waals surface area (Å²) in [6, 6.07) is 9.62. The van der Waals surface area contributed by atoms with Crippen LogP contribution < -0.4 is 0 Å². The molecule has 0 aromatic heterocycles. The lowest BCUT2D eigenvalue weighted by Gasteiger charge is -2.46. The van der Waals surface area contributed by atoms with Crippen LogP contribution >= 0.6 is 0 Å². The number of halogens is 6. The number of ether oxygens (including phenoxy) is 1. The third-order valence-electron chi connectivity index (χ3n) is 6.37. The molecule has 2 aromatic rings. The van der Waals surface area contributed by atoms with Crippen molar-refractivity contribution in [1.82, 2.24) is 4.90 Å². The number of piperidine rings is 1. The fourth-order valence-electron chi connectivity index (χ4n) is 4.30. The monoisotopic (exact) mass is 490 g/mol. The normalized spacial score (nSPS) is 23.0. The highest BCUT2D eigenvalue weighted by molar-refractivity contribution is 5.35. The van der Waals surface area contributed by atoms with Crippen molar-refractivity contribution in [2.24, 2.45) is 0 Å². The average Bonchev–Trinajstić information content (AvgIpc) is 2.77. The van der Waals surface area contributed by atoms with E-state index in [0.29, 0.717) is 18.6 Å². The van der Waals surface area contributed by atoms with Crippen molar-refractivity contribution in [2.45, 2.75) is 49.8 Å². The Morgan fingerprint density at radius 2 is 1.65 bits per heavy atom. The molecule has 0 bridgehead atoms. The van der Waals surface area contributed by atoms with E-state index in [1.54, 1.807) is 30.1 Å². The third kappa shape index (κ3) is 5.52. The summed E-state index contributed by atoms with van der Waals surface area (Å²) in [6.07, 6.45) is -10.4. The van der Waals surface area contributed by atoms with Gasteiger partial charge in [0.05, 0.1) is 35.9 Å². The van der Waals surface area contributed by atoms with E-state index in [2.05, 4.69) is 0 Å². The van der Waals surface area contributed by atoms with E-state index in [9.17, 15) is 36.5 Å². The zero-order valence-electron chi connectivity index (χ0n) is 18.5. The standard InChI is InChI=1S/C23H24F6N2O3/c1-15(16-10-18(22(24,25)26)12-19(11-16)23(27,28)29)34-14-21(17-6-4-3-5-7-17)9-8-20(31(32)33)13-30(21)2/h3-7,10-12,15,20H,8-9,13-14H2,1-2H3/t15-,20?,21-/m1/s1. The molecule has 1 aliphatic heterocycles. The number of likely N-dealkylation sites (N-methyl/N-ethyl adjacent to an activating group) is 1. The van der Waals surface area contributed by atoms with Gasteiger partial charge < -0.3 is 4.74 Å². The molecule has 0 aliphatic carbocycles. The van der Waals surface area contributed by atoms with E-state index < -0.39 is 41.2 Å². The average molecular weight is 490 g/mol. The summed E-state index contributed by atoms with van der Waals surface area (Å²) in [5.74, 6) is 0. The number of nitro groups is 1. The fourth-order valence-corrected chi connectivity index (χ4v) is 4.30. The van der Waals surface area contributed by atoms with Crippen LogP contribution in [0.3, 0.4) is 0 Å². The van der Waals surface area contributed by atoms with Gasteiger partial charge in [-0.2, -0.15) is 26.3 Å². The van der Waals surface area contributed by atoms with Crippen LogP contribution in [0, 0.1) is 10.1 Å². The van der Waals surface area contributed by atoms with Gasteiger partial charge in [0, 0.05) is 11.3 Å². The van der Waals surface area contributed by atoms with Gasteiger partial charge in [0.15, 0.2) is 0 Å². The molecule has 2 aromatic carbocycles. The van der Waals surface area contributed by atoms with Gasteiger partial charge in [-0.05, 0) is 49.7 Å². The van der Waals surface area contributed by atoms with Gasteiger partial charge in [-0.15, -0.1) is 0 Å². The lowest BCUT2D eigenvalue weighted by atomic mass is 9.80. The number of alkyl halides is 6. The molecule has 0 radical (unpaired) electrons. The number of hydrogen-bond donors (Lipinski definition) is 0. The second-order valence-corrected chi connectivity index (χ2v) is 8.55. The molecule has 1 aliphatic rings. The Morgan fingerprint density at radius 3 is 2.12 bits per heavy atom. The van der Waals surface area contributed by atoms with E-state index in [4.69, 9.17) is 4.74 Å². The molecule has 3 rings (SSSR count). The predicted molar refractivity (Wildman–Crippen MR) is 112 cm³/mol. The van der Waals surface area contributed by atoms with Crippen LogP contribution in [0.25, 0.3) is 0 Å². The summed E-state index contributed by atoms with van der Waals surface area (Å²) in [4.78, 5) is 12.7. The van der Waals surface area contributed by atoms with Crippen molar-refractivity contribution in [1.29, 1.82) is 0 Å². The van der Waals surface area contributed by atoms with E-state index in [0.717, 1.165) is 5.56 Å². The van der Waals surface area contributed by atoms with Crippen LogP contribution in [0.2, 0.25) is 0 Å². The minimum absolute atomic E-state index is 0.0727. The maximum Gasteiger partial charge on any atom is 0.416 e. The van der Waals surface area contributed by atoms with Crippen LogP contribution in [0.4, 0.5) is 26.3 Å². The van der Waals surface area contributed by atoms with Gasteiger partial charge in [-0.25, -0.2) is 0 Å². The highest BCUT2D eigenvalue weighted by Gasteiger charge is 2.45. The largest absolute Gasteiger partial charge is 0.416 e. The minimum Gasteiger partial charge on any atom is -0.372 e. The number of hydrogen-bond acceptors (Lipinski definition) is 4. The van der Waals surface area contributed by atoms with Gasteiger partial charge in [0.1, 0.15) is 0 Å². The summed E-state index contributed by atoms with van der Waals surface area (Å²) >= 11 is 0. The topological polar surface area (TPSA) is 55.6 Å². The van der Waals surface area contributed by atoms with Crippen molar-refractivity contribution in [3.63, 3.8) is 0 Å². The predicted octanol–water partition coefficient (Wildman–Crippen LogP) is 6.07. The molecule has 1 heterocycles. The Labute approximate surface area is 192 Å². The molecule has 0 spiro atoms. The Bertz CT molecular complexity index is 980. The van der Waals surface area contributed by atoms with E-state index >= 15 is 0 Å². The quantitative estimate of drug-likeness (QED) is 0.280. The lowest BCUT2D eigenvalue weighted by molar-refractivity contribution is -0.528. The number of nitrogens with zero attached hydrogens (tertiary/aromatic N) is 2. The van der Waals surface area contributed by atoms with Crippen molar-refractivity contribution in [2.75, 3.05) is 20.2 Å². The third-order valence-corrected chi connectivity index (χ3v) is 6.37. The zero-order chi connectivity index (χ0) is 25.3. The van der Waals surface area contributed by atoms with Crippen LogP contribution in [0.15, 0.2) is 48.5 Å². The van der Waals surface area contributed by atoms with Crippen molar-refractivity contribution >= 4 is 0 Å². The first-order valence-electron chi connectivity index (χ1n) is 10.6. The molecule has 34 heavy (non-hydrogen) atoms. The Morgan fingerprint density at radius 1 is 1.09 bits per heavy atom. The summed E-state index contributed by atoms with van der Waals surface area (Å²) in [5.41, 5.74) is -3.10. The molecule has 0 amide bonds. The highest BCUT2D eigenvalue weighted by Crippen LogP contribution is 2.41. The van der Waals surface area contributed by atoms with Crippen molar-refractivity contribution in [3.05, 3.63) is 80.9 Å². The number of likely N-dealkylation sites (tertiary alicyclic amines) is 1. The molecule has 1 unspecified atom stereocenters. The SMILES string of the molecule is C[C@@H](OC[C@@]1(c2ccccc2)CCC([N+](=O)[O-])CN1C)c1cc(C(F)(F)F)cc(C(F)(F)F)c1. The molecule has 3 atom stereocenters. The second kappa shape index (κ2) is 9.53. The first kappa shape index (κ1) is 26.0. The summed E-state index contributed by atoms with van der Waals surface area (Å²) in [7, 11) is 1.70. The van der Waals surface area contributed by atoms with Crippen molar-refractivity contribution < 1.29 is 36.0 Å². The Kier molecular flexibility index (Phi) is 7.28. The molecule has 1 saturated heterocycles. The molecular formula is C23H24F6N2O3. The minimum atomic E-state index is -4.96. The van der Waals surface area contributed by atoms with Crippen molar-refractivity contribution in [3.8, 4) is 0 Å². The lowest BCUT2D eigenvalue weighted by Crippen LogP contribution is -2.55. The van der Waals surface area contributed by atoms with E-state index in [1.807, 2.05) is 12.1 Å². The molecule has 0 N–H and O–H groups in total. The summed E-state index contributed by atoms with van der Waals surface area (Å²) < 4.78 is 85.3. The van der Waals surface area contributed by atoms with Gasteiger partial charge in [0.2, 0.25) is 6.04 Å². The second-order valence-electron chi connectivity index (χ2n) is 8.55. The summed E-state index contributed by atoms with van der Waals surface area (Å²) in [6.45, 7) is 1.44. The molecule has 1 fully saturated rings. The molecular weight excluding hydrogens is 466 g/mol. The van der Waals surface area contributed by atoms with Crippen LogP contribution in [0.5, 0.6) is 0 Å². The van der Waals surface area contributed by atoms with Crippen LogP contribution in [0.1, 0.15) is 48.1 Å². The first-order chi connectivity index (χ1) is 15.7. The maximum absolute atomic E-state index is 13.2. The van der Waals surface area contributed by atoms with E-state index in [1.165, 1.54) is 6.92 Å². The maximum atomic E-state index is 13.2. The van der Waals surface area contributed by atoms with Gasteiger partial charge in [-0.3, -0.25) is 15.0 Å². The number of rotatable bonds is 6. The van der Waals surface area contributed by atoms with Gasteiger partial charge in [0.25, 0.3) is 0 Å². The highest BCUT2D eigenvalue weighted by atomic mass is 19.4.